The molecule has 2 unspecified atom stereocenters. The Labute approximate surface area is 121 Å². The van der Waals surface area contributed by atoms with Crippen molar-refractivity contribution in [2.75, 3.05) is 26.8 Å². The van der Waals surface area contributed by atoms with Crippen molar-refractivity contribution in [1.29, 1.82) is 0 Å². The number of rotatable bonds is 6. The maximum Gasteiger partial charge on any atom is 0.161 e. The van der Waals surface area contributed by atoms with E-state index in [2.05, 4.69) is 11.0 Å². The molecular weight excluding hydrogens is 254 g/mol. The van der Waals surface area contributed by atoms with Crippen LogP contribution in [-0.4, -0.2) is 42.9 Å². The lowest BCUT2D eigenvalue weighted by molar-refractivity contribution is 0.127. The van der Waals surface area contributed by atoms with Crippen molar-refractivity contribution < 1.29 is 14.6 Å². The monoisotopic (exact) mass is 279 g/mol. The predicted octanol–water partition coefficient (Wildman–Crippen LogP) is 2.30. The molecule has 1 aromatic carbocycles. The molecule has 2 rings (SSSR count). The Morgan fingerprint density at radius 1 is 1.40 bits per heavy atom. The zero-order valence-corrected chi connectivity index (χ0v) is 12.6. The molecule has 0 spiro atoms. The van der Waals surface area contributed by atoms with Gasteiger partial charge in [-0.25, -0.2) is 0 Å². The molecule has 0 saturated carbocycles. The van der Waals surface area contributed by atoms with Crippen molar-refractivity contribution >= 4 is 0 Å². The fourth-order valence-electron chi connectivity index (χ4n) is 2.74. The second kappa shape index (κ2) is 6.95. The third-order valence-corrected chi connectivity index (χ3v) is 3.93. The van der Waals surface area contributed by atoms with Gasteiger partial charge in [-0.05, 0) is 50.4 Å². The van der Waals surface area contributed by atoms with E-state index in [9.17, 15) is 5.11 Å². The summed E-state index contributed by atoms with van der Waals surface area (Å²) < 4.78 is 10.9. The van der Waals surface area contributed by atoms with Gasteiger partial charge in [-0.2, -0.15) is 0 Å². The van der Waals surface area contributed by atoms with Crippen LogP contribution in [0.2, 0.25) is 0 Å². The molecule has 0 aliphatic carbocycles. The number of aliphatic hydroxyl groups excluding tert-OH is 1. The first-order valence-corrected chi connectivity index (χ1v) is 7.34. The normalized spacial score (nSPS) is 20.9. The smallest absolute Gasteiger partial charge is 0.161 e. The summed E-state index contributed by atoms with van der Waals surface area (Å²) in [6.07, 6.45) is 0.862. The topological polar surface area (TPSA) is 41.9 Å². The van der Waals surface area contributed by atoms with Crippen LogP contribution in [0.5, 0.6) is 11.5 Å². The molecule has 112 valence electrons. The summed E-state index contributed by atoms with van der Waals surface area (Å²) in [6, 6.07) is 6.10. The molecule has 0 bridgehead atoms. The van der Waals surface area contributed by atoms with Crippen LogP contribution in [0.3, 0.4) is 0 Å². The number of aliphatic hydroxyl groups is 1. The van der Waals surface area contributed by atoms with Crippen LogP contribution in [0.25, 0.3) is 0 Å². The number of benzene rings is 1. The maximum absolute atomic E-state index is 9.65. The molecule has 1 N–H and O–H groups in total. The number of likely N-dealkylation sites (tertiary alicyclic amines) is 1. The van der Waals surface area contributed by atoms with Crippen LogP contribution in [0, 0.1) is 5.92 Å². The molecule has 4 nitrogen and oxygen atoms in total. The quantitative estimate of drug-likeness (QED) is 0.867. The Balaban J connectivity index is 2.00. The van der Waals surface area contributed by atoms with Crippen LogP contribution < -0.4 is 9.47 Å². The number of methoxy groups -OCH3 is 1. The summed E-state index contributed by atoms with van der Waals surface area (Å²) in [5.74, 6) is 1.98. The van der Waals surface area contributed by atoms with Gasteiger partial charge in [-0.1, -0.05) is 6.07 Å². The summed E-state index contributed by atoms with van der Waals surface area (Å²) >= 11 is 0. The SMILES string of the molecule is CCOc1ccc(CN2CCC(C(C)O)C2)cc1OC. The van der Waals surface area contributed by atoms with E-state index >= 15 is 0 Å². The highest BCUT2D eigenvalue weighted by molar-refractivity contribution is 5.42. The largest absolute Gasteiger partial charge is 0.493 e. The molecule has 1 aliphatic heterocycles. The molecule has 4 heteroatoms. The van der Waals surface area contributed by atoms with Crippen LogP contribution in [0.15, 0.2) is 18.2 Å². The van der Waals surface area contributed by atoms with Gasteiger partial charge in [0.15, 0.2) is 11.5 Å². The van der Waals surface area contributed by atoms with Gasteiger partial charge in [0.25, 0.3) is 0 Å². The second-order valence-electron chi connectivity index (χ2n) is 5.44. The summed E-state index contributed by atoms with van der Waals surface area (Å²) in [5.41, 5.74) is 1.22. The van der Waals surface area contributed by atoms with Crippen molar-refractivity contribution in [2.45, 2.75) is 32.9 Å². The third kappa shape index (κ3) is 3.64. The molecule has 2 atom stereocenters. The first-order valence-electron chi connectivity index (χ1n) is 7.34. The van der Waals surface area contributed by atoms with E-state index in [0.717, 1.165) is 37.6 Å². The average molecular weight is 279 g/mol. The van der Waals surface area contributed by atoms with E-state index in [4.69, 9.17) is 9.47 Å². The minimum absolute atomic E-state index is 0.213. The van der Waals surface area contributed by atoms with Crippen LogP contribution in [-0.2, 0) is 6.54 Å². The van der Waals surface area contributed by atoms with E-state index in [1.54, 1.807) is 7.11 Å². The van der Waals surface area contributed by atoms with Crippen molar-refractivity contribution in [3.63, 3.8) is 0 Å². The number of nitrogens with zero attached hydrogens (tertiary/aromatic N) is 1. The third-order valence-electron chi connectivity index (χ3n) is 3.93. The molecule has 1 fully saturated rings. The highest BCUT2D eigenvalue weighted by Gasteiger charge is 2.25. The Morgan fingerprint density at radius 3 is 2.80 bits per heavy atom. The first kappa shape index (κ1) is 15.1. The van der Waals surface area contributed by atoms with Crippen molar-refractivity contribution in [3.05, 3.63) is 23.8 Å². The Bertz CT molecular complexity index is 434. The van der Waals surface area contributed by atoms with Gasteiger partial charge < -0.3 is 14.6 Å². The van der Waals surface area contributed by atoms with E-state index < -0.39 is 0 Å². The summed E-state index contributed by atoms with van der Waals surface area (Å²) in [7, 11) is 1.67. The molecule has 1 heterocycles. The minimum Gasteiger partial charge on any atom is -0.493 e. The van der Waals surface area contributed by atoms with Gasteiger partial charge in [-0.15, -0.1) is 0 Å². The van der Waals surface area contributed by atoms with E-state index in [1.165, 1.54) is 5.56 Å². The van der Waals surface area contributed by atoms with E-state index in [-0.39, 0.29) is 6.10 Å². The fourth-order valence-corrected chi connectivity index (χ4v) is 2.74. The van der Waals surface area contributed by atoms with Gasteiger partial charge in [0.2, 0.25) is 0 Å². The molecule has 20 heavy (non-hydrogen) atoms. The van der Waals surface area contributed by atoms with Crippen LogP contribution in [0.1, 0.15) is 25.8 Å². The van der Waals surface area contributed by atoms with Crippen LogP contribution >= 0.6 is 0 Å². The van der Waals surface area contributed by atoms with Gasteiger partial charge >= 0.3 is 0 Å². The standard InChI is InChI=1S/C16H25NO3/c1-4-20-15-6-5-13(9-16(15)19-3)10-17-8-7-14(11-17)12(2)18/h5-6,9,12,14,18H,4,7-8,10-11H2,1-3H3. The van der Waals surface area contributed by atoms with Gasteiger partial charge in [0, 0.05) is 13.1 Å². The lowest BCUT2D eigenvalue weighted by atomic mass is 10.0. The molecule has 0 radical (unpaired) electrons. The minimum atomic E-state index is -0.213. The maximum atomic E-state index is 9.65. The number of hydrogen-bond acceptors (Lipinski definition) is 4. The number of ether oxygens (including phenoxy) is 2. The molecule has 0 aromatic heterocycles. The highest BCUT2D eigenvalue weighted by Crippen LogP contribution is 2.29. The average Bonchev–Trinajstić information content (AvgIpc) is 2.89. The number of hydrogen-bond donors (Lipinski definition) is 1. The molecule has 1 aliphatic rings. The zero-order valence-electron chi connectivity index (χ0n) is 12.6. The van der Waals surface area contributed by atoms with Gasteiger partial charge in [0.05, 0.1) is 19.8 Å². The molecule has 1 aromatic rings. The Hall–Kier alpha value is -1.26. The summed E-state index contributed by atoms with van der Waals surface area (Å²) in [4.78, 5) is 2.38. The Morgan fingerprint density at radius 2 is 2.20 bits per heavy atom. The lowest BCUT2D eigenvalue weighted by Crippen LogP contribution is -2.23. The predicted molar refractivity (Wildman–Crippen MR) is 79.2 cm³/mol. The first-order chi connectivity index (χ1) is 9.63. The van der Waals surface area contributed by atoms with Gasteiger partial charge in [0.1, 0.15) is 0 Å². The van der Waals surface area contributed by atoms with Gasteiger partial charge in [-0.3, -0.25) is 4.90 Å². The fraction of sp³-hybridized carbons (Fsp3) is 0.625. The van der Waals surface area contributed by atoms with Crippen LogP contribution in [0.4, 0.5) is 0 Å². The van der Waals surface area contributed by atoms with Crippen molar-refractivity contribution in [1.82, 2.24) is 4.90 Å². The summed E-state index contributed by atoms with van der Waals surface area (Å²) in [6.45, 7) is 7.39. The summed E-state index contributed by atoms with van der Waals surface area (Å²) in [5, 5.41) is 9.65. The Kier molecular flexibility index (Phi) is 5.26. The van der Waals surface area contributed by atoms with Crippen molar-refractivity contribution in [2.24, 2.45) is 5.92 Å². The zero-order chi connectivity index (χ0) is 14.5. The highest BCUT2D eigenvalue weighted by atomic mass is 16.5. The lowest BCUT2D eigenvalue weighted by Gasteiger charge is -2.18. The molecule has 1 saturated heterocycles. The van der Waals surface area contributed by atoms with Crippen molar-refractivity contribution in [3.8, 4) is 11.5 Å². The van der Waals surface area contributed by atoms with E-state index in [0.29, 0.717) is 12.5 Å². The second-order valence-corrected chi connectivity index (χ2v) is 5.44. The van der Waals surface area contributed by atoms with E-state index in [1.807, 2.05) is 26.0 Å². The molecular formula is C16H25NO3. The molecule has 0 amide bonds.